The topological polar surface area (TPSA) is 51.4 Å². The predicted octanol–water partition coefficient (Wildman–Crippen LogP) is 1.40. The number of hydrogen-bond acceptors (Lipinski definition) is 4. The van der Waals surface area contributed by atoms with Crippen molar-refractivity contribution in [3.8, 4) is 0 Å². The number of rotatable bonds is 6. The van der Waals surface area contributed by atoms with E-state index in [1.54, 1.807) is 6.20 Å². The van der Waals surface area contributed by atoms with Gasteiger partial charge in [-0.25, -0.2) is 0 Å². The number of aromatic nitrogens is 1. The molecular formula is C12H21N3O. The molecule has 0 fully saturated rings. The van der Waals surface area contributed by atoms with Gasteiger partial charge in [0.2, 0.25) is 0 Å². The molecule has 2 N–H and O–H groups in total. The number of likely N-dealkylation sites (N-methyl/N-ethyl adjacent to an activating group) is 1. The third kappa shape index (κ3) is 4.16. The van der Waals surface area contributed by atoms with Crippen LogP contribution in [-0.2, 0) is 11.3 Å². The summed E-state index contributed by atoms with van der Waals surface area (Å²) in [6.45, 7) is 6.16. The van der Waals surface area contributed by atoms with E-state index in [9.17, 15) is 0 Å². The van der Waals surface area contributed by atoms with E-state index < -0.39 is 0 Å². The molecule has 1 aromatic heterocycles. The van der Waals surface area contributed by atoms with Crippen LogP contribution in [0, 0.1) is 0 Å². The fraction of sp³-hybridized carbons (Fsp3) is 0.583. The molecule has 0 saturated carbocycles. The fourth-order valence-electron chi connectivity index (χ4n) is 1.37. The molecular weight excluding hydrogens is 202 g/mol. The zero-order valence-corrected chi connectivity index (χ0v) is 10.3. The maximum atomic E-state index is 5.55. The van der Waals surface area contributed by atoms with Gasteiger partial charge in [0.15, 0.2) is 0 Å². The van der Waals surface area contributed by atoms with Gasteiger partial charge in [-0.3, -0.25) is 4.98 Å². The van der Waals surface area contributed by atoms with Gasteiger partial charge in [-0.15, -0.1) is 0 Å². The smallest absolute Gasteiger partial charge is 0.0644 e. The van der Waals surface area contributed by atoms with Gasteiger partial charge in [0.1, 0.15) is 0 Å². The highest BCUT2D eigenvalue weighted by atomic mass is 16.5. The molecule has 0 saturated heterocycles. The molecule has 1 aromatic rings. The van der Waals surface area contributed by atoms with Crippen molar-refractivity contribution in [2.75, 3.05) is 25.1 Å². The van der Waals surface area contributed by atoms with Crippen LogP contribution in [0.2, 0.25) is 0 Å². The number of nitrogens with zero attached hydrogens (tertiary/aromatic N) is 2. The number of ether oxygens (including phenoxy) is 1. The molecule has 90 valence electrons. The number of anilines is 1. The minimum absolute atomic E-state index is 0.283. The lowest BCUT2D eigenvalue weighted by molar-refractivity contribution is 0.0846. The average Bonchev–Trinajstić information content (AvgIpc) is 2.28. The van der Waals surface area contributed by atoms with Crippen molar-refractivity contribution in [3.63, 3.8) is 0 Å². The van der Waals surface area contributed by atoms with E-state index in [-0.39, 0.29) is 6.10 Å². The summed E-state index contributed by atoms with van der Waals surface area (Å²) in [7, 11) is 2.04. The van der Waals surface area contributed by atoms with Crippen LogP contribution in [0.1, 0.15) is 19.5 Å². The lowest BCUT2D eigenvalue weighted by Gasteiger charge is -2.20. The van der Waals surface area contributed by atoms with Crippen LogP contribution in [0.25, 0.3) is 0 Å². The molecule has 4 heteroatoms. The van der Waals surface area contributed by atoms with Gasteiger partial charge in [-0.2, -0.15) is 0 Å². The first-order valence-electron chi connectivity index (χ1n) is 5.61. The molecule has 0 amide bonds. The molecule has 0 aromatic carbocycles. The molecule has 0 atom stereocenters. The third-order valence-corrected chi connectivity index (χ3v) is 2.33. The van der Waals surface area contributed by atoms with Crippen LogP contribution in [-0.4, -0.2) is 31.3 Å². The maximum Gasteiger partial charge on any atom is 0.0644 e. The molecule has 16 heavy (non-hydrogen) atoms. The molecule has 0 radical (unpaired) electrons. The second-order valence-electron chi connectivity index (χ2n) is 4.05. The summed E-state index contributed by atoms with van der Waals surface area (Å²) in [5.74, 6) is 0. The number of hydrogen-bond donors (Lipinski definition) is 1. The first-order chi connectivity index (χ1) is 7.63. The summed E-state index contributed by atoms with van der Waals surface area (Å²) in [5.41, 5.74) is 7.59. The van der Waals surface area contributed by atoms with Crippen LogP contribution in [0.3, 0.4) is 0 Å². The Labute approximate surface area is 97.4 Å². The number of nitrogens with two attached hydrogens (primary N) is 1. The van der Waals surface area contributed by atoms with Gasteiger partial charge >= 0.3 is 0 Å². The van der Waals surface area contributed by atoms with Crippen LogP contribution in [0.5, 0.6) is 0 Å². The molecule has 0 aliphatic rings. The first kappa shape index (κ1) is 12.9. The maximum absolute atomic E-state index is 5.55. The Balaban J connectivity index is 2.48. The van der Waals surface area contributed by atoms with Crippen molar-refractivity contribution in [2.24, 2.45) is 5.73 Å². The lowest BCUT2D eigenvalue weighted by atomic mass is 10.3. The zero-order chi connectivity index (χ0) is 12.0. The van der Waals surface area contributed by atoms with Crippen LogP contribution < -0.4 is 10.6 Å². The first-order valence-corrected chi connectivity index (χ1v) is 5.61. The molecule has 0 aliphatic heterocycles. The SMILES string of the molecule is CC(C)OCCN(C)c1ccnc(CN)c1. The van der Waals surface area contributed by atoms with Crippen molar-refractivity contribution in [1.82, 2.24) is 4.98 Å². The molecule has 0 spiro atoms. The molecule has 1 rings (SSSR count). The van der Waals surface area contributed by atoms with Crippen LogP contribution in [0.15, 0.2) is 18.3 Å². The van der Waals surface area contributed by atoms with Crippen molar-refractivity contribution >= 4 is 5.69 Å². The van der Waals surface area contributed by atoms with Crippen LogP contribution >= 0.6 is 0 Å². The van der Waals surface area contributed by atoms with E-state index >= 15 is 0 Å². The van der Waals surface area contributed by atoms with Gasteiger partial charge in [-0.1, -0.05) is 0 Å². The molecule has 0 bridgehead atoms. The summed E-state index contributed by atoms with van der Waals surface area (Å²) in [6.07, 6.45) is 2.07. The summed E-state index contributed by atoms with van der Waals surface area (Å²) in [4.78, 5) is 6.31. The minimum atomic E-state index is 0.283. The predicted molar refractivity (Wildman–Crippen MR) is 66.5 cm³/mol. The van der Waals surface area contributed by atoms with Crippen molar-refractivity contribution < 1.29 is 4.74 Å². The van der Waals surface area contributed by atoms with E-state index in [1.807, 2.05) is 33.0 Å². The molecule has 1 heterocycles. The summed E-state index contributed by atoms with van der Waals surface area (Å²) in [5, 5.41) is 0. The highest BCUT2D eigenvalue weighted by molar-refractivity contribution is 5.45. The van der Waals surface area contributed by atoms with E-state index in [0.717, 1.165) is 24.5 Å². The van der Waals surface area contributed by atoms with E-state index in [0.29, 0.717) is 6.54 Å². The van der Waals surface area contributed by atoms with E-state index in [4.69, 9.17) is 10.5 Å². The van der Waals surface area contributed by atoms with Crippen LogP contribution in [0.4, 0.5) is 5.69 Å². The highest BCUT2D eigenvalue weighted by Gasteiger charge is 2.02. The van der Waals surface area contributed by atoms with E-state index in [2.05, 4.69) is 9.88 Å². The largest absolute Gasteiger partial charge is 0.377 e. The van der Waals surface area contributed by atoms with Gasteiger partial charge in [0.05, 0.1) is 18.4 Å². The van der Waals surface area contributed by atoms with Gasteiger partial charge in [0, 0.05) is 32.0 Å². The molecule has 0 unspecified atom stereocenters. The quantitative estimate of drug-likeness (QED) is 0.792. The standard InChI is InChI=1S/C12H21N3O/c1-10(2)16-7-6-15(3)12-4-5-14-11(8-12)9-13/h4-5,8,10H,6-7,9,13H2,1-3H3. The Hall–Kier alpha value is -1.13. The number of pyridine rings is 1. The normalized spacial score (nSPS) is 10.8. The summed E-state index contributed by atoms with van der Waals surface area (Å²) in [6, 6.07) is 3.99. The third-order valence-electron chi connectivity index (χ3n) is 2.33. The second kappa shape index (κ2) is 6.45. The Morgan fingerprint density at radius 1 is 1.50 bits per heavy atom. The lowest BCUT2D eigenvalue weighted by Crippen LogP contribution is -2.24. The van der Waals surface area contributed by atoms with Gasteiger partial charge < -0.3 is 15.4 Å². The van der Waals surface area contributed by atoms with Crippen molar-refractivity contribution in [3.05, 3.63) is 24.0 Å². The fourth-order valence-corrected chi connectivity index (χ4v) is 1.37. The monoisotopic (exact) mass is 223 g/mol. The summed E-state index contributed by atoms with van der Waals surface area (Å²) >= 11 is 0. The second-order valence-corrected chi connectivity index (χ2v) is 4.05. The Kier molecular flexibility index (Phi) is 5.22. The summed E-state index contributed by atoms with van der Waals surface area (Å²) < 4.78 is 5.51. The minimum Gasteiger partial charge on any atom is -0.377 e. The van der Waals surface area contributed by atoms with Crippen molar-refractivity contribution in [1.29, 1.82) is 0 Å². The van der Waals surface area contributed by atoms with Gasteiger partial charge in [-0.05, 0) is 26.0 Å². The molecule has 0 aliphatic carbocycles. The Morgan fingerprint density at radius 2 is 2.25 bits per heavy atom. The van der Waals surface area contributed by atoms with Crippen molar-refractivity contribution in [2.45, 2.75) is 26.5 Å². The highest BCUT2D eigenvalue weighted by Crippen LogP contribution is 2.12. The van der Waals surface area contributed by atoms with Gasteiger partial charge in [0.25, 0.3) is 0 Å². The van der Waals surface area contributed by atoms with E-state index in [1.165, 1.54) is 0 Å². The Morgan fingerprint density at radius 3 is 2.88 bits per heavy atom. The Bertz CT molecular complexity index is 315. The molecule has 4 nitrogen and oxygen atoms in total. The zero-order valence-electron chi connectivity index (χ0n) is 10.3. The average molecular weight is 223 g/mol.